The van der Waals surface area contributed by atoms with Crippen molar-refractivity contribution in [2.24, 2.45) is 5.92 Å². The predicted molar refractivity (Wildman–Crippen MR) is 82.9 cm³/mol. The number of aromatic nitrogens is 1. The number of hydrogen-bond donors (Lipinski definition) is 0. The lowest BCUT2D eigenvalue weighted by atomic mass is 10.00. The fourth-order valence-electron chi connectivity index (χ4n) is 2.59. The van der Waals surface area contributed by atoms with Gasteiger partial charge in [0.1, 0.15) is 5.82 Å². The van der Waals surface area contributed by atoms with Crippen molar-refractivity contribution in [3.8, 4) is 11.3 Å². The Labute approximate surface area is 123 Å². The first-order valence-electron chi connectivity index (χ1n) is 7.12. The molecule has 2 heterocycles. The van der Waals surface area contributed by atoms with Gasteiger partial charge in [-0.05, 0) is 49.9 Å². The molecule has 106 valence electrons. The van der Waals surface area contributed by atoms with Crippen molar-refractivity contribution in [2.45, 2.75) is 26.7 Å². The number of rotatable bonds is 2. The molecular weight excluding hydrogens is 271 g/mol. The lowest BCUT2D eigenvalue weighted by Crippen LogP contribution is -2.32. The van der Waals surface area contributed by atoms with E-state index < -0.39 is 0 Å². The third kappa shape index (κ3) is 2.70. The zero-order valence-corrected chi connectivity index (χ0v) is 12.7. The molecule has 2 nitrogen and oxygen atoms in total. The average Bonchev–Trinajstić information content (AvgIpc) is 2.82. The van der Waals surface area contributed by atoms with Crippen molar-refractivity contribution < 1.29 is 4.39 Å². The van der Waals surface area contributed by atoms with Crippen LogP contribution in [-0.2, 0) is 0 Å². The van der Waals surface area contributed by atoms with Crippen LogP contribution >= 0.6 is 11.3 Å². The molecule has 1 aromatic carbocycles. The highest BCUT2D eigenvalue weighted by Gasteiger charge is 2.20. The standard InChI is InChI=1S/C16H19FN2S/c1-11-7-9-19(10-8-11)16-18-15(12(2)20-16)13-3-5-14(17)6-4-13/h3-6,11H,7-10H2,1-2H3. The van der Waals surface area contributed by atoms with Crippen LogP contribution < -0.4 is 4.90 Å². The predicted octanol–water partition coefficient (Wildman–Crippen LogP) is 4.49. The number of thiazole rings is 1. The number of hydrogen-bond acceptors (Lipinski definition) is 3. The second-order valence-corrected chi connectivity index (χ2v) is 6.76. The molecule has 0 N–H and O–H groups in total. The van der Waals surface area contributed by atoms with Gasteiger partial charge < -0.3 is 4.90 Å². The molecule has 0 spiro atoms. The molecule has 0 radical (unpaired) electrons. The van der Waals surface area contributed by atoms with Crippen LogP contribution in [0.15, 0.2) is 24.3 Å². The zero-order chi connectivity index (χ0) is 14.1. The maximum absolute atomic E-state index is 13.0. The summed E-state index contributed by atoms with van der Waals surface area (Å²) in [5.74, 6) is 0.621. The van der Waals surface area contributed by atoms with Crippen molar-refractivity contribution >= 4 is 16.5 Å². The van der Waals surface area contributed by atoms with Crippen LogP contribution in [0, 0.1) is 18.7 Å². The Morgan fingerprint density at radius 2 is 1.85 bits per heavy atom. The van der Waals surface area contributed by atoms with Crippen LogP contribution in [0.2, 0.25) is 0 Å². The molecule has 1 saturated heterocycles. The molecule has 1 aliphatic rings. The van der Waals surface area contributed by atoms with Crippen LogP contribution in [-0.4, -0.2) is 18.1 Å². The van der Waals surface area contributed by atoms with Gasteiger partial charge in [-0.25, -0.2) is 9.37 Å². The summed E-state index contributed by atoms with van der Waals surface area (Å²) in [7, 11) is 0. The van der Waals surface area contributed by atoms with E-state index in [1.807, 2.05) is 0 Å². The van der Waals surface area contributed by atoms with Crippen LogP contribution in [0.25, 0.3) is 11.3 Å². The number of benzene rings is 1. The van der Waals surface area contributed by atoms with E-state index in [2.05, 4.69) is 18.7 Å². The van der Waals surface area contributed by atoms with Crippen molar-refractivity contribution in [1.82, 2.24) is 4.98 Å². The van der Waals surface area contributed by atoms with E-state index in [-0.39, 0.29) is 5.82 Å². The smallest absolute Gasteiger partial charge is 0.186 e. The van der Waals surface area contributed by atoms with E-state index in [0.717, 1.165) is 35.4 Å². The molecule has 0 bridgehead atoms. The molecule has 0 unspecified atom stereocenters. The average molecular weight is 290 g/mol. The molecule has 0 atom stereocenters. The number of nitrogens with zero attached hydrogens (tertiary/aromatic N) is 2. The molecule has 1 aliphatic heterocycles. The Morgan fingerprint density at radius 1 is 1.20 bits per heavy atom. The first kappa shape index (κ1) is 13.6. The summed E-state index contributed by atoms with van der Waals surface area (Å²) < 4.78 is 13.0. The molecule has 4 heteroatoms. The third-order valence-corrected chi connectivity index (χ3v) is 4.99. The molecule has 1 aromatic heterocycles. The lowest BCUT2D eigenvalue weighted by molar-refractivity contribution is 0.438. The summed E-state index contributed by atoms with van der Waals surface area (Å²) in [4.78, 5) is 8.36. The van der Waals surface area contributed by atoms with E-state index in [4.69, 9.17) is 4.98 Å². The topological polar surface area (TPSA) is 16.1 Å². The first-order valence-corrected chi connectivity index (χ1v) is 7.93. The van der Waals surface area contributed by atoms with Gasteiger partial charge in [0.2, 0.25) is 0 Å². The highest BCUT2D eigenvalue weighted by Crippen LogP contribution is 2.34. The molecule has 0 saturated carbocycles. The van der Waals surface area contributed by atoms with E-state index in [1.165, 1.54) is 29.9 Å². The molecule has 1 fully saturated rings. The first-order chi connectivity index (χ1) is 9.63. The van der Waals surface area contributed by atoms with Gasteiger partial charge in [0, 0.05) is 23.5 Å². The maximum atomic E-state index is 13.0. The van der Waals surface area contributed by atoms with Crippen molar-refractivity contribution in [3.63, 3.8) is 0 Å². The molecule has 2 aromatic rings. The fraction of sp³-hybridized carbons (Fsp3) is 0.438. The summed E-state index contributed by atoms with van der Waals surface area (Å²) >= 11 is 1.74. The summed E-state index contributed by atoms with van der Waals surface area (Å²) in [6.07, 6.45) is 2.48. The molecule has 20 heavy (non-hydrogen) atoms. The molecular formula is C16H19FN2S. The van der Waals surface area contributed by atoms with Gasteiger partial charge in [0.05, 0.1) is 5.69 Å². The Balaban J connectivity index is 1.85. The van der Waals surface area contributed by atoms with Crippen molar-refractivity contribution in [2.75, 3.05) is 18.0 Å². The van der Waals surface area contributed by atoms with Gasteiger partial charge in [0.15, 0.2) is 5.13 Å². The summed E-state index contributed by atoms with van der Waals surface area (Å²) in [5, 5.41) is 1.11. The van der Waals surface area contributed by atoms with Crippen molar-refractivity contribution in [1.29, 1.82) is 0 Å². The largest absolute Gasteiger partial charge is 0.348 e. The Hall–Kier alpha value is -1.42. The van der Waals surface area contributed by atoms with Crippen LogP contribution in [0.5, 0.6) is 0 Å². The molecule has 0 aliphatic carbocycles. The summed E-state index contributed by atoms with van der Waals surface area (Å²) in [6.45, 7) is 6.59. The fourth-order valence-corrected chi connectivity index (χ4v) is 3.58. The van der Waals surface area contributed by atoms with Gasteiger partial charge in [-0.15, -0.1) is 11.3 Å². The van der Waals surface area contributed by atoms with Crippen LogP contribution in [0.3, 0.4) is 0 Å². The monoisotopic (exact) mass is 290 g/mol. The summed E-state index contributed by atoms with van der Waals surface area (Å²) in [6, 6.07) is 6.60. The Bertz CT molecular complexity index is 583. The second-order valence-electron chi connectivity index (χ2n) is 5.58. The number of halogens is 1. The third-order valence-electron chi connectivity index (χ3n) is 3.96. The van der Waals surface area contributed by atoms with E-state index >= 15 is 0 Å². The van der Waals surface area contributed by atoms with Gasteiger partial charge in [0.25, 0.3) is 0 Å². The van der Waals surface area contributed by atoms with E-state index in [0.29, 0.717) is 0 Å². The van der Waals surface area contributed by atoms with Gasteiger partial charge in [-0.2, -0.15) is 0 Å². The Kier molecular flexibility index (Phi) is 3.74. The minimum Gasteiger partial charge on any atom is -0.348 e. The zero-order valence-electron chi connectivity index (χ0n) is 11.9. The Morgan fingerprint density at radius 3 is 2.50 bits per heavy atom. The van der Waals surface area contributed by atoms with Crippen LogP contribution in [0.1, 0.15) is 24.6 Å². The minimum atomic E-state index is -0.202. The van der Waals surface area contributed by atoms with Gasteiger partial charge in [-0.3, -0.25) is 0 Å². The lowest BCUT2D eigenvalue weighted by Gasteiger charge is -2.29. The van der Waals surface area contributed by atoms with E-state index in [9.17, 15) is 4.39 Å². The molecule has 3 rings (SSSR count). The van der Waals surface area contributed by atoms with Gasteiger partial charge >= 0.3 is 0 Å². The van der Waals surface area contributed by atoms with Crippen LogP contribution in [0.4, 0.5) is 9.52 Å². The number of anilines is 1. The SMILES string of the molecule is Cc1sc(N2CCC(C)CC2)nc1-c1ccc(F)cc1. The minimum absolute atomic E-state index is 0.202. The normalized spacial score (nSPS) is 16.6. The second kappa shape index (κ2) is 5.52. The maximum Gasteiger partial charge on any atom is 0.186 e. The highest BCUT2D eigenvalue weighted by atomic mass is 32.1. The molecule has 0 amide bonds. The van der Waals surface area contributed by atoms with Crippen molar-refractivity contribution in [3.05, 3.63) is 35.0 Å². The number of piperidine rings is 1. The number of aryl methyl sites for hydroxylation is 1. The highest BCUT2D eigenvalue weighted by molar-refractivity contribution is 7.16. The van der Waals surface area contributed by atoms with E-state index in [1.54, 1.807) is 23.5 Å². The quantitative estimate of drug-likeness (QED) is 0.810. The summed E-state index contributed by atoms with van der Waals surface area (Å²) in [5.41, 5.74) is 1.99. The van der Waals surface area contributed by atoms with Gasteiger partial charge in [-0.1, -0.05) is 6.92 Å².